The maximum atomic E-state index is 12.2. The molecule has 0 spiro atoms. The number of aromatic nitrogens is 1. The molecule has 0 aliphatic heterocycles. The molecule has 7 heteroatoms. The van der Waals surface area contributed by atoms with E-state index in [0.29, 0.717) is 5.56 Å². The Kier molecular flexibility index (Phi) is 5.16. The summed E-state index contributed by atoms with van der Waals surface area (Å²) in [5.74, 6) is 0.689. The number of nitrogens with zero attached hydrogens (tertiary/aromatic N) is 2. The molecule has 3 aromatic rings. The van der Waals surface area contributed by atoms with E-state index in [2.05, 4.69) is 4.98 Å². The number of H-pyrrole nitrogens is 1. The number of benzene rings is 2. The molecule has 0 saturated carbocycles. The van der Waals surface area contributed by atoms with Crippen LogP contribution in [0.5, 0.6) is 5.75 Å². The number of hydrogen-bond donors (Lipinski definition) is 2. The first-order valence-electron chi connectivity index (χ1n) is 7.86. The number of aromatic amines is 1. The Hall–Kier alpha value is -3.68. The van der Waals surface area contributed by atoms with Crippen molar-refractivity contribution in [2.75, 3.05) is 12.8 Å². The molecule has 0 atom stereocenters. The van der Waals surface area contributed by atoms with Gasteiger partial charge in [0.25, 0.3) is 5.56 Å². The van der Waals surface area contributed by atoms with Crippen molar-refractivity contribution in [3.63, 3.8) is 0 Å². The standard InChI is InChI=1S/C20H14N4O2S/c1-26-12-6-8-13(9-7-12)27-17-5-3-2-4-14(17)18-15(10-21)19(23)24-20(25)16(18)11-22/h2-9H,1H3,(H3,23,24,25). The highest BCUT2D eigenvalue weighted by molar-refractivity contribution is 7.99. The van der Waals surface area contributed by atoms with E-state index >= 15 is 0 Å². The summed E-state index contributed by atoms with van der Waals surface area (Å²) in [6, 6.07) is 18.7. The first-order chi connectivity index (χ1) is 13.1. The van der Waals surface area contributed by atoms with Crippen LogP contribution in [0.15, 0.2) is 63.1 Å². The highest BCUT2D eigenvalue weighted by Gasteiger charge is 2.20. The lowest BCUT2D eigenvalue weighted by Gasteiger charge is -2.13. The van der Waals surface area contributed by atoms with Gasteiger partial charge in [-0.2, -0.15) is 10.5 Å². The smallest absolute Gasteiger partial charge is 0.268 e. The molecule has 132 valence electrons. The normalized spacial score (nSPS) is 10.0. The lowest BCUT2D eigenvalue weighted by atomic mass is 9.96. The zero-order valence-electron chi connectivity index (χ0n) is 14.3. The Morgan fingerprint density at radius 3 is 2.33 bits per heavy atom. The van der Waals surface area contributed by atoms with Gasteiger partial charge in [-0.1, -0.05) is 30.0 Å². The fraction of sp³-hybridized carbons (Fsp3) is 0.0500. The molecule has 3 N–H and O–H groups in total. The number of ether oxygens (including phenoxy) is 1. The number of pyridine rings is 1. The largest absolute Gasteiger partial charge is 0.497 e. The Morgan fingerprint density at radius 1 is 1.04 bits per heavy atom. The third-order valence-electron chi connectivity index (χ3n) is 3.91. The second-order valence-electron chi connectivity index (χ2n) is 5.49. The van der Waals surface area contributed by atoms with Crippen molar-refractivity contribution in [1.29, 1.82) is 10.5 Å². The number of hydrogen-bond acceptors (Lipinski definition) is 6. The van der Waals surface area contributed by atoms with Crippen LogP contribution in [0.2, 0.25) is 0 Å². The van der Waals surface area contributed by atoms with Gasteiger partial charge in [-0.3, -0.25) is 4.79 Å². The number of nitriles is 2. The molecule has 2 aromatic carbocycles. The number of anilines is 1. The highest BCUT2D eigenvalue weighted by Crippen LogP contribution is 2.39. The van der Waals surface area contributed by atoms with Crippen molar-refractivity contribution in [2.24, 2.45) is 0 Å². The average Bonchev–Trinajstić information content (AvgIpc) is 2.68. The molecule has 1 aromatic heterocycles. The van der Waals surface area contributed by atoms with E-state index in [-0.39, 0.29) is 22.5 Å². The second-order valence-corrected chi connectivity index (χ2v) is 6.61. The van der Waals surface area contributed by atoms with Crippen LogP contribution in [-0.2, 0) is 0 Å². The molecule has 0 saturated heterocycles. The molecular weight excluding hydrogens is 360 g/mol. The summed E-state index contributed by atoms with van der Waals surface area (Å²) in [6.07, 6.45) is 0. The number of nitrogens with two attached hydrogens (primary N) is 1. The van der Waals surface area contributed by atoms with Gasteiger partial charge in [-0.05, 0) is 35.9 Å². The van der Waals surface area contributed by atoms with Crippen LogP contribution in [0.3, 0.4) is 0 Å². The SMILES string of the molecule is COc1ccc(Sc2ccccc2-c2c(C#N)c(N)[nH]c(=O)c2C#N)cc1. The van der Waals surface area contributed by atoms with Gasteiger partial charge in [0.05, 0.1) is 7.11 Å². The summed E-state index contributed by atoms with van der Waals surface area (Å²) in [5.41, 5.74) is 5.99. The van der Waals surface area contributed by atoms with Gasteiger partial charge in [0.1, 0.15) is 34.8 Å². The van der Waals surface area contributed by atoms with Gasteiger partial charge in [-0.15, -0.1) is 0 Å². The number of nitrogens with one attached hydrogen (secondary N) is 1. The summed E-state index contributed by atoms with van der Waals surface area (Å²) in [5, 5.41) is 19.0. The van der Waals surface area contributed by atoms with Crippen LogP contribution in [0, 0.1) is 22.7 Å². The van der Waals surface area contributed by atoms with Crippen LogP contribution < -0.4 is 16.0 Å². The maximum absolute atomic E-state index is 12.2. The fourth-order valence-electron chi connectivity index (χ4n) is 2.65. The molecule has 0 aliphatic carbocycles. The van der Waals surface area contributed by atoms with E-state index < -0.39 is 5.56 Å². The lowest BCUT2D eigenvalue weighted by Crippen LogP contribution is -2.16. The Morgan fingerprint density at radius 2 is 1.70 bits per heavy atom. The van der Waals surface area contributed by atoms with Crippen molar-refractivity contribution in [3.8, 4) is 29.0 Å². The molecule has 0 radical (unpaired) electrons. The quantitative estimate of drug-likeness (QED) is 0.722. The van der Waals surface area contributed by atoms with E-state index in [0.717, 1.165) is 15.5 Å². The molecular formula is C20H14N4O2S. The zero-order chi connectivity index (χ0) is 19.4. The van der Waals surface area contributed by atoms with Crippen LogP contribution in [-0.4, -0.2) is 12.1 Å². The second kappa shape index (κ2) is 7.69. The van der Waals surface area contributed by atoms with Crippen molar-refractivity contribution >= 4 is 17.6 Å². The Labute approximate surface area is 159 Å². The molecule has 1 heterocycles. The predicted octanol–water partition coefficient (Wildman–Crippen LogP) is 3.53. The molecule has 0 amide bonds. The topological polar surface area (TPSA) is 116 Å². The van der Waals surface area contributed by atoms with Crippen LogP contribution >= 0.6 is 11.8 Å². The van der Waals surface area contributed by atoms with Gasteiger partial charge in [-0.25, -0.2) is 0 Å². The number of nitrogen functional groups attached to an aromatic ring is 1. The van der Waals surface area contributed by atoms with Crippen molar-refractivity contribution in [2.45, 2.75) is 9.79 Å². The van der Waals surface area contributed by atoms with E-state index in [1.807, 2.05) is 48.5 Å². The fourth-order valence-corrected chi connectivity index (χ4v) is 3.60. The molecule has 0 unspecified atom stereocenters. The molecule has 27 heavy (non-hydrogen) atoms. The first kappa shape index (κ1) is 18.1. The zero-order valence-corrected chi connectivity index (χ0v) is 15.1. The van der Waals surface area contributed by atoms with E-state index in [1.165, 1.54) is 11.8 Å². The monoisotopic (exact) mass is 374 g/mol. The van der Waals surface area contributed by atoms with Gasteiger partial charge in [0.15, 0.2) is 0 Å². The summed E-state index contributed by atoms with van der Waals surface area (Å²) < 4.78 is 5.17. The van der Waals surface area contributed by atoms with Crippen LogP contribution in [0.1, 0.15) is 11.1 Å². The van der Waals surface area contributed by atoms with Crippen molar-refractivity contribution in [1.82, 2.24) is 4.98 Å². The summed E-state index contributed by atoms with van der Waals surface area (Å²) in [6.45, 7) is 0. The van der Waals surface area contributed by atoms with Crippen LogP contribution in [0.4, 0.5) is 5.82 Å². The van der Waals surface area contributed by atoms with Gasteiger partial charge in [0, 0.05) is 15.4 Å². The average molecular weight is 374 g/mol. The maximum Gasteiger partial charge on any atom is 0.268 e. The summed E-state index contributed by atoms with van der Waals surface area (Å²) in [4.78, 5) is 16.3. The molecule has 3 rings (SSSR count). The van der Waals surface area contributed by atoms with Crippen molar-refractivity contribution in [3.05, 3.63) is 70.0 Å². The Bertz CT molecular complexity index is 1140. The highest BCUT2D eigenvalue weighted by atomic mass is 32.2. The Balaban J connectivity index is 2.19. The minimum atomic E-state index is -0.617. The molecule has 0 aliphatic rings. The minimum absolute atomic E-state index is 0.0549. The lowest BCUT2D eigenvalue weighted by molar-refractivity contribution is 0.414. The molecule has 0 fully saturated rings. The minimum Gasteiger partial charge on any atom is -0.497 e. The molecule has 6 nitrogen and oxygen atoms in total. The number of methoxy groups -OCH3 is 1. The summed E-state index contributed by atoms with van der Waals surface area (Å²) >= 11 is 1.45. The summed E-state index contributed by atoms with van der Waals surface area (Å²) in [7, 11) is 1.60. The van der Waals surface area contributed by atoms with E-state index in [1.54, 1.807) is 19.2 Å². The van der Waals surface area contributed by atoms with Crippen LogP contribution in [0.25, 0.3) is 11.1 Å². The first-order valence-corrected chi connectivity index (χ1v) is 8.68. The van der Waals surface area contributed by atoms with Gasteiger partial charge >= 0.3 is 0 Å². The van der Waals surface area contributed by atoms with E-state index in [9.17, 15) is 15.3 Å². The van der Waals surface area contributed by atoms with E-state index in [4.69, 9.17) is 10.5 Å². The molecule has 0 bridgehead atoms. The van der Waals surface area contributed by atoms with Crippen molar-refractivity contribution < 1.29 is 4.74 Å². The third kappa shape index (κ3) is 3.50. The van der Waals surface area contributed by atoms with Gasteiger partial charge < -0.3 is 15.5 Å². The van der Waals surface area contributed by atoms with Gasteiger partial charge in [0.2, 0.25) is 0 Å². The third-order valence-corrected chi connectivity index (χ3v) is 5.00. The predicted molar refractivity (Wildman–Crippen MR) is 103 cm³/mol. The number of rotatable bonds is 4.